The van der Waals surface area contributed by atoms with Gasteiger partial charge in [-0.15, -0.1) is 0 Å². The Morgan fingerprint density at radius 1 is 0.886 bits per heavy atom. The van der Waals surface area contributed by atoms with Gasteiger partial charge in [0, 0.05) is 40.7 Å². The molecule has 0 bridgehead atoms. The molecule has 1 aliphatic carbocycles. The molecule has 3 N–H and O–H groups in total. The van der Waals surface area contributed by atoms with Crippen molar-refractivity contribution in [1.29, 1.82) is 5.41 Å². The lowest BCUT2D eigenvalue weighted by atomic mass is 9.91. The zero-order valence-electron chi connectivity index (χ0n) is 18.8. The van der Waals surface area contributed by atoms with Crippen LogP contribution in [0.5, 0.6) is 0 Å². The number of rotatable bonds is 6. The molecule has 0 radical (unpaired) electrons. The summed E-state index contributed by atoms with van der Waals surface area (Å²) in [4.78, 5) is 32.8. The summed E-state index contributed by atoms with van der Waals surface area (Å²) in [6.07, 6.45) is 5.32. The first kappa shape index (κ1) is 22.0. The maximum absolute atomic E-state index is 12.7. The van der Waals surface area contributed by atoms with E-state index in [0.29, 0.717) is 34.6 Å². The number of nitrogens with zero attached hydrogens (tertiary/aromatic N) is 1. The molecule has 0 aliphatic heterocycles. The predicted molar refractivity (Wildman–Crippen MR) is 137 cm³/mol. The van der Waals surface area contributed by atoms with Crippen LogP contribution in [0.4, 0.5) is 5.69 Å². The number of carbonyl (C=O) groups excluding carboxylic acids is 2. The van der Waals surface area contributed by atoms with Crippen LogP contribution in [0.1, 0.15) is 33.0 Å². The van der Waals surface area contributed by atoms with E-state index in [0.717, 1.165) is 16.8 Å². The summed E-state index contributed by atoms with van der Waals surface area (Å²) in [6, 6.07) is 26.0. The van der Waals surface area contributed by atoms with E-state index in [-0.39, 0.29) is 17.4 Å². The molecule has 0 spiro atoms. The van der Waals surface area contributed by atoms with E-state index >= 15 is 0 Å². The molecule has 0 saturated heterocycles. The maximum Gasteiger partial charge on any atom is 0.255 e. The lowest BCUT2D eigenvalue weighted by Gasteiger charge is -2.13. The number of H-pyrrole nitrogens is 1. The lowest BCUT2D eigenvalue weighted by Crippen LogP contribution is -2.12. The number of allylic oxidation sites excluding steroid dienone is 4. The zero-order chi connectivity index (χ0) is 24.2. The van der Waals surface area contributed by atoms with Gasteiger partial charge in [0.2, 0.25) is 0 Å². The molecular weight excluding hydrogens is 436 g/mol. The largest absolute Gasteiger partial charge is 0.342 e. The molecule has 5 rings (SSSR count). The number of ketones is 1. The van der Waals surface area contributed by atoms with Crippen LogP contribution in [0.15, 0.2) is 103 Å². The number of aromatic amines is 1. The van der Waals surface area contributed by atoms with Crippen molar-refractivity contribution in [2.45, 2.75) is 6.42 Å². The van der Waals surface area contributed by atoms with Crippen molar-refractivity contribution in [2.24, 2.45) is 0 Å². The normalized spacial score (nSPS) is 13.3. The average Bonchev–Trinajstić information content (AvgIpc) is 3.34. The Morgan fingerprint density at radius 3 is 2.40 bits per heavy atom. The van der Waals surface area contributed by atoms with Gasteiger partial charge in [-0.1, -0.05) is 60.7 Å². The Balaban J connectivity index is 1.29. The van der Waals surface area contributed by atoms with Gasteiger partial charge < -0.3 is 15.7 Å². The van der Waals surface area contributed by atoms with E-state index in [1.54, 1.807) is 24.4 Å². The summed E-state index contributed by atoms with van der Waals surface area (Å²) >= 11 is 0. The number of amides is 1. The van der Waals surface area contributed by atoms with Crippen molar-refractivity contribution < 1.29 is 9.59 Å². The maximum atomic E-state index is 12.7. The quantitative estimate of drug-likeness (QED) is 0.341. The third-order valence-electron chi connectivity index (χ3n) is 5.70. The Hall–Kier alpha value is -4.84. The standard InChI is InChI=1S/C29H22N4O2/c30-26-16-24(20-9-3-1-4-10-20)27(34)17-25(26)28-31-18-23(32-28)15-19-8-7-13-22(14-19)33-29(35)21-11-5-2-6-12-21/h1-14,16-18,30H,15H2,(H,31,32)(H,33,35). The molecule has 170 valence electrons. The number of nitrogens with one attached hydrogen (secondary N) is 3. The van der Waals surface area contributed by atoms with Gasteiger partial charge in [-0.3, -0.25) is 9.59 Å². The van der Waals surface area contributed by atoms with E-state index in [4.69, 9.17) is 5.41 Å². The van der Waals surface area contributed by atoms with Crippen LogP contribution in [-0.4, -0.2) is 27.4 Å². The highest BCUT2D eigenvalue weighted by atomic mass is 16.1. The van der Waals surface area contributed by atoms with Gasteiger partial charge in [0.05, 0.1) is 5.71 Å². The summed E-state index contributed by atoms with van der Waals surface area (Å²) in [5.41, 5.74) is 5.11. The number of benzene rings is 3. The highest BCUT2D eigenvalue weighted by Gasteiger charge is 2.22. The lowest BCUT2D eigenvalue weighted by molar-refractivity contribution is -0.109. The second-order valence-electron chi connectivity index (χ2n) is 8.21. The van der Waals surface area contributed by atoms with Crippen molar-refractivity contribution in [2.75, 3.05) is 5.32 Å². The Labute approximate surface area is 202 Å². The molecule has 6 nitrogen and oxygen atoms in total. The summed E-state index contributed by atoms with van der Waals surface area (Å²) in [5.74, 6) is 0.166. The van der Waals surface area contributed by atoms with Crippen molar-refractivity contribution in [1.82, 2.24) is 9.97 Å². The van der Waals surface area contributed by atoms with E-state index in [1.165, 1.54) is 6.08 Å². The highest BCUT2D eigenvalue weighted by molar-refractivity contribution is 6.44. The fraction of sp³-hybridized carbons (Fsp3) is 0.0345. The van der Waals surface area contributed by atoms with E-state index in [2.05, 4.69) is 15.3 Å². The first-order valence-corrected chi connectivity index (χ1v) is 11.2. The van der Waals surface area contributed by atoms with Crippen molar-refractivity contribution in [3.63, 3.8) is 0 Å². The molecule has 0 unspecified atom stereocenters. The van der Waals surface area contributed by atoms with Gasteiger partial charge >= 0.3 is 0 Å². The number of imidazole rings is 1. The second kappa shape index (κ2) is 9.57. The van der Waals surface area contributed by atoms with Crippen molar-refractivity contribution in [3.8, 4) is 0 Å². The summed E-state index contributed by atoms with van der Waals surface area (Å²) in [5, 5.41) is 11.4. The van der Waals surface area contributed by atoms with E-state index in [9.17, 15) is 9.59 Å². The van der Waals surface area contributed by atoms with Gasteiger partial charge in [0.15, 0.2) is 5.78 Å². The minimum atomic E-state index is -0.165. The van der Waals surface area contributed by atoms with E-state index < -0.39 is 0 Å². The average molecular weight is 459 g/mol. The minimum absolute atomic E-state index is 0.151. The molecule has 3 aromatic carbocycles. The number of hydrogen-bond donors (Lipinski definition) is 3. The molecule has 35 heavy (non-hydrogen) atoms. The number of aromatic nitrogens is 2. The van der Waals surface area contributed by atoms with Gasteiger partial charge in [0.25, 0.3) is 5.91 Å². The fourth-order valence-electron chi connectivity index (χ4n) is 3.98. The third kappa shape index (κ3) is 4.91. The van der Waals surface area contributed by atoms with Crippen LogP contribution in [0, 0.1) is 5.41 Å². The molecular formula is C29H22N4O2. The predicted octanol–water partition coefficient (Wildman–Crippen LogP) is 5.32. The van der Waals surface area contributed by atoms with Gasteiger partial charge in [-0.2, -0.15) is 0 Å². The molecule has 1 aliphatic rings. The smallest absolute Gasteiger partial charge is 0.255 e. The fourth-order valence-corrected chi connectivity index (χ4v) is 3.98. The third-order valence-corrected chi connectivity index (χ3v) is 5.70. The van der Waals surface area contributed by atoms with Crippen LogP contribution in [0.25, 0.3) is 11.1 Å². The van der Waals surface area contributed by atoms with E-state index in [1.807, 2.05) is 72.8 Å². The van der Waals surface area contributed by atoms with Crippen LogP contribution in [0.3, 0.4) is 0 Å². The first-order chi connectivity index (χ1) is 17.1. The highest BCUT2D eigenvalue weighted by Crippen LogP contribution is 2.26. The second-order valence-corrected chi connectivity index (χ2v) is 8.21. The SMILES string of the molecule is N=C1C=C(c2ccccc2)C(=O)C=C1c1ncc(Cc2cccc(NC(=O)c3ccccc3)c2)[nH]1. The Morgan fingerprint density at radius 2 is 1.63 bits per heavy atom. The molecule has 1 aromatic heterocycles. The minimum Gasteiger partial charge on any atom is -0.342 e. The monoisotopic (exact) mass is 458 g/mol. The molecule has 4 aromatic rings. The zero-order valence-corrected chi connectivity index (χ0v) is 18.8. The van der Waals surface area contributed by atoms with Crippen molar-refractivity contribution in [3.05, 3.63) is 131 Å². The van der Waals surface area contributed by atoms with Crippen LogP contribution in [0.2, 0.25) is 0 Å². The molecule has 0 saturated carbocycles. The summed E-state index contributed by atoms with van der Waals surface area (Å²) < 4.78 is 0. The molecule has 1 heterocycles. The van der Waals surface area contributed by atoms with Crippen LogP contribution in [-0.2, 0) is 11.2 Å². The molecule has 6 heteroatoms. The van der Waals surface area contributed by atoms with Gasteiger partial charge in [0.1, 0.15) is 5.82 Å². The number of anilines is 1. The topological polar surface area (TPSA) is 98.7 Å². The Kier molecular flexibility index (Phi) is 6.01. The Bertz CT molecular complexity index is 1480. The number of carbonyl (C=O) groups is 2. The molecule has 0 atom stereocenters. The van der Waals surface area contributed by atoms with Crippen molar-refractivity contribution >= 4 is 34.2 Å². The molecule has 0 fully saturated rings. The van der Waals surface area contributed by atoms with Gasteiger partial charge in [-0.05, 0) is 47.5 Å². The number of hydrogen-bond acceptors (Lipinski definition) is 4. The summed E-state index contributed by atoms with van der Waals surface area (Å²) in [6.45, 7) is 0. The van der Waals surface area contributed by atoms with Crippen LogP contribution < -0.4 is 5.32 Å². The van der Waals surface area contributed by atoms with Crippen LogP contribution >= 0.6 is 0 Å². The molecule has 1 amide bonds. The summed E-state index contributed by atoms with van der Waals surface area (Å²) in [7, 11) is 0. The van der Waals surface area contributed by atoms with Gasteiger partial charge in [-0.25, -0.2) is 4.98 Å². The first-order valence-electron chi connectivity index (χ1n) is 11.2.